The minimum Gasteiger partial charge on any atom is -0.354 e. The molecule has 1 saturated carbocycles. The zero-order chi connectivity index (χ0) is 12.0. The van der Waals surface area contributed by atoms with Crippen LogP contribution >= 0.6 is 0 Å². The van der Waals surface area contributed by atoms with Crippen molar-refractivity contribution in [3.63, 3.8) is 0 Å². The van der Waals surface area contributed by atoms with Gasteiger partial charge in [-0.2, -0.15) is 0 Å². The first-order valence-electron chi connectivity index (χ1n) is 6.36. The van der Waals surface area contributed by atoms with Gasteiger partial charge in [0.2, 0.25) is 5.91 Å². The maximum atomic E-state index is 11.6. The molecule has 0 aromatic heterocycles. The molecule has 16 heavy (non-hydrogen) atoms. The molecule has 1 aliphatic carbocycles. The maximum Gasteiger partial charge on any atom is 0.234 e. The van der Waals surface area contributed by atoms with Crippen molar-refractivity contribution < 1.29 is 4.79 Å². The van der Waals surface area contributed by atoms with E-state index < -0.39 is 0 Å². The Bertz CT molecular complexity index is 212. The van der Waals surface area contributed by atoms with Gasteiger partial charge in [0, 0.05) is 19.1 Å². The highest BCUT2D eigenvalue weighted by Crippen LogP contribution is 2.24. The summed E-state index contributed by atoms with van der Waals surface area (Å²) in [5.74, 6) is 0.146. The van der Waals surface area contributed by atoms with Crippen LogP contribution in [0.3, 0.4) is 0 Å². The quantitative estimate of drug-likeness (QED) is 0.657. The summed E-state index contributed by atoms with van der Waals surface area (Å²) in [5.41, 5.74) is 0. The molecule has 0 atom stereocenters. The summed E-state index contributed by atoms with van der Waals surface area (Å²) in [6.45, 7) is 8.30. The van der Waals surface area contributed by atoms with E-state index in [0.29, 0.717) is 6.54 Å². The van der Waals surface area contributed by atoms with Crippen molar-refractivity contribution in [2.45, 2.75) is 32.7 Å². The third-order valence-corrected chi connectivity index (χ3v) is 3.22. The van der Waals surface area contributed by atoms with Gasteiger partial charge in [-0.25, -0.2) is 0 Å². The zero-order valence-corrected chi connectivity index (χ0v) is 10.8. The number of nitrogens with zero attached hydrogens (tertiary/aromatic N) is 2. The monoisotopic (exact) mass is 227 g/mol. The predicted octanol–water partition coefficient (Wildman–Crippen LogP) is 0.539. The van der Waals surface area contributed by atoms with Crippen LogP contribution in [0.2, 0.25) is 0 Å². The standard InChI is InChI=1S/C12H25N3O/c1-4-15(5-2)10-12(16)13-8-9-14(3)11-6-7-11/h11H,4-10H2,1-3H3,(H,13,16). The maximum absolute atomic E-state index is 11.6. The highest BCUT2D eigenvalue weighted by Gasteiger charge is 2.25. The molecule has 4 heteroatoms. The molecule has 0 radical (unpaired) electrons. The molecule has 0 aromatic rings. The number of nitrogens with one attached hydrogen (secondary N) is 1. The van der Waals surface area contributed by atoms with Crippen LogP contribution in [-0.2, 0) is 4.79 Å². The lowest BCUT2D eigenvalue weighted by atomic mass is 10.4. The Labute approximate surface area is 99.0 Å². The van der Waals surface area contributed by atoms with Gasteiger partial charge in [-0.05, 0) is 33.0 Å². The Balaban J connectivity index is 2.04. The van der Waals surface area contributed by atoms with E-state index in [1.807, 2.05) is 0 Å². The summed E-state index contributed by atoms with van der Waals surface area (Å²) in [6, 6.07) is 0.777. The summed E-state index contributed by atoms with van der Waals surface area (Å²) in [6.07, 6.45) is 2.65. The van der Waals surface area contributed by atoms with Crippen LogP contribution in [0, 0.1) is 0 Å². The summed E-state index contributed by atoms with van der Waals surface area (Å²) in [4.78, 5) is 16.0. The van der Waals surface area contributed by atoms with E-state index in [1.54, 1.807) is 0 Å². The number of rotatable bonds is 8. The van der Waals surface area contributed by atoms with Crippen molar-refractivity contribution >= 4 is 5.91 Å². The fraction of sp³-hybridized carbons (Fsp3) is 0.917. The number of carbonyl (C=O) groups is 1. The van der Waals surface area contributed by atoms with E-state index in [2.05, 4.69) is 36.0 Å². The minimum absolute atomic E-state index is 0.146. The number of carbonyl (C=O) groups excluding carboxylic acids is 1. The van der Waals surface area contributed by atoms with Gasteiger partial charge in [0.05, 0.1) is 6.54 Å². The van der Waals surface area contributed by atoms with E-state index in [0.717, 1.165) is 32.2 Å². The minimum atomic E-state index is 0.146. The van der Waals surface area contributed by atoms with Gasteiger partial charge in [-0.3, -0.25) is 9.69 Å². The van der Waals surface area contributed by atoms with Gasteiger partial charge in [0.15, 0.2) is 0 Å². The van der Waals surface area contributed by atoms with Crippen LogP contribution in [0.4, 0.5) is 0 Å². The molecule has 0 heterocycles. The number of likely N-dealkylation sites (N-methyl/N-ethyl adjacent to an activating group) is 2. The second-order valence-corrected chi connectivity index (χ2v) is 4.52. The highest BCUT2D eigenvalue weighted by atomic mass is 16.2. The lowest BCUT2D eigenvalue weighted by molar-refractivity contribution is -0.122. The van der Waals surface area contributed by atoms with Crippen LogP contribution in [0.25, 0.3) is 0 Å². The average molecular weight is 227 g/mol. The van der Waals surface area contributed by atoms with E-state index >= 15 is 0 Å². The van der Waals surface area contributed by atoms with Gasteiger partial charge >= 0.3 is 0 Å². The van der Waals surface area contributed by atoms with Crippen LogP contribution in [0.5, 0.6) is 0 Å². The second-order valence-electron chi connectivity index (χ2n) is 4.52. The Kier molecular flexibility index (Phi) is 5.77. The SMILES string of the molecule is CCN(CC)CC(=O)NCCN(C)C1CC1. The van der Waals surface area contributed by atoms with Gasteiger partial charge in [-0.1, -0.05) is 13.8 Å². The normalized spacial score (nSPS) is 15.8. The fourth-order valence-corrected chi connectivity index (χ4v) is 1.78. The van der Waals surface area contributed by atoms with Crippen LogP contribution < -0.4 is 5.32 Å². The third kappa shape index (κ3) is 4.94. The summed E-state index contributed by atoms with van der Waals surface area (Å²) < 4.78 is 0. The van der Waals surface area contributed by atoms with Crippen molar-refractivity contribution in [2.24, 2.45) is 0 Å². The summed E-state index contributed by atoms with van der Waals surface area (Å²) >= 11 is 0. The van der Waals surface area contributed by atoms with Crippen molar-refractivity contribution in [2.75, 3.05) is 39.8 Å². The van der Waals surface area contributed by atoms with E-state index in [9.17, 15) is 4.79 Å². The van der Waals surface area contributed by atoms with Gasteiger partial charge in [-0.15, -0.1) is 0 Å². The highest BCUT2D eigenvalue weighted by molar-refractivity contribution is 5.77. The molecule has 0 aromatic carbocycles. The van der Waals surface area contributed by atoms with Crippen molar-refractivity contribution in [3.8, 4) is 0 Å². The molecule has 0 aliphatic heterocycles. The molecule has 1 rings (SSSR count). The largest absolute Gasteiger partial charge is 0.354 e. The number of hydrogen-bond donors (Lipinski definition) is 1. The Morgan fingerprint density at radius 1 is 1.31 bits per heavy atom. The van der Waals surface area contributed by atoms with E-state index in [4.69, 9.17) is 0 Å². The smallest absolute Gasteiger partial charge is 0.234 e. The molecule has 1 amide bonds. The molecule has 0 spiro atoms. The number of hydrogen-bond acceptors (Lipinski definition) is 3. The first-order chi connectivity index (χ1) is 7.67. The van der Waals surface area contributed by atoms with Crippen LogP contribution in [0.15, 0.2) is 0 Å². The second kappa shape index (κ2) is 6.86. The molecule has 1 aliphatic rings. The first-order valence-corrected chi connectivity index (χ1v) is 6.36. The number of amides is 1. The first kappa shape index (κ1) is 13.5. The van der Waals surface area contributed by atoms with Crippen molar-refractivity contribution in [1.29, 1.82) is 0 Å². The van der Waals surface area contributed by atoms with Gasteiger partial charge < -0.3 is 10.2 Å². The molecule has 1 N–H and O–H groups in total. The van der Waals surface area contributed by atoms with Crippen molar-refractivity contribution in [1.82, 2.24) is 15.1 Å². The average Bonchev–Trinajstić information content (AvgIpc) is 3.09. The van der Waals surface area contributed by atoms with Gasteiger partial charge in [0.1, 0.15) is 0 Å². The molecule has 1 fully saturated rings. The van der Waals surface area contributed by atoms with Crippen molar-refractivity contribution in [3.05, 3.63) is 0 Å². The lowest BCUT2D eigenvalue weighted by Crippen LogP contribution is -2.40. The predicted molar refractivity (Wildman–Crippen MR) is 66.4 cm³/mol. The molecule has 94 valence electrons. The molecular formula is C12H25N3O. The molecule has 0 saturated heterocycles. The van der Waals surface area contributed by atoms with E-state index in [1.165, 1.54) is 12.8 Å². The molecule has 0 bridgehead atoms. The summed E-state index contributed by atoms with van der Waals surface area (Å²) in [5, 5.41) is 2.97. The molecular weight excluding hydrogens is 202 g/mol. The summed E-state index contributed by atoms with van der Waals surface area (Å²) in [7, 11) is 2.13. The van der Waals surface area contributed by atoms with Crippen LogP contribution in [0.1, 0.15) is 26.7 Å². The lowest BCUT2D eigenvalue weighted by Gasteiger charge is -2.19. The third-order valence-electron chi connectivity index (χ3n) is 3.22. The Hall–Kier alpha value is -0.610. The topological polar surface area (TPSA) is 35.6 Å². The molecule has 0 unspecified atom stereocenters. The molecule has 4 nitrogen and oxygen atoms in total. The zero-order valence-electron chi connectivity index (χ0n) is 10.8. The fourth-order valence-electron chi connectivity index (χ4n) is 1.78. The van der Waals surface area contributed by atoms with Gasteiger partial charge in [0.25, 0.3) is 0 Å². The van der Waals surface area contributed by atoms with E-state index in [-0.39, 0.29) is 5.91 Å². The van der Waals surface area contributed by atoms with Crippen LogP contribution in [-0.4, -0.2) is 61.5 Å². The Morgan fingerprint density at radius 3 is 2.44 bits per heavy atom. The Morgan fingerprint density at radius 2 is 1.94 bits per heavy atom.